The number of hydrogen-bond donors (Lipinski definition) is 1. The molecule has 3 rings (SSSR count). The fourth-order valence-corrected chi connectivity index (χ4v) is 4.61. The molecular weight excluding hydrogens is 464 g/mol. The van der Waals surface area contributed by atoms with Gasteiger partial charge in [-0.3, -0.25) is 9.59 Å². The highest BCUT2D eigenvalue weighted by Gasteiger charge is 2.30. The molecule has 6 heteroatoms. The molecule has 0 heterocycles. The second-order valence-corrected chi connectivity index (χ2v) is 9.74. The molecule has 0 aliphatic heterocycles. The molecule has 1 atom stereocenters. The maximum Gasteiger partial charge on any atom is 0.243 e. The number of rotatable bonds is 11. The van der Waals surface area contributed by atoms with Gasteiger partial charge < -0.3 is 10.2 Å². The predicted octanol–water partition coefficient (Wildman–Crippen LogP) is 5.91. The van der Waals surface area contributed by atoms with E-state index in [-0.39, 0.29) is 17.6 Å². The predicted molar refractivity (Wildman–Crippen MR) is 141 cm³/mol. The zero-order chi connectivity index (χ0) is 24.3. The zero-order valence-electron chi connectivity index (χ0n) is 19.7. The van der Waals surface area contributed by atoms with Crippen LogP contribution >= 0.6 is 23.4 Å². The summed E-state index contributed by atoms with van der Waals surface area (Å²) >= 11 is 7.70. The van der Waals surface area contributed by atoms with Gasteiger partial charge in [-0.2, -0.15) is 0 Å². The van der Waals surface area contributed by atoms with Gasteiger partial charge in [0.25, 0.3) is 0 Å². The van der Waals surface area contributed by atoms with E-state index in [2.05, 4.69) is 5.32 Å². The van der Waals surface area contributed by atoms with Crippen LogP contribution in [-0.4, -0.2) is 35.1 Å². The van der Waals surface area contributed by atoms with E-state index < -0.39 is 6.04 Å². The maximum absolute atomic E-state index is 13.6. The molecule has 3 aromatic carbocycles. The van der Waals surface area contributed by atoms with Gasteiger partial charge in [-0.1, -0.05) is 78.7 Å². The van der Waals surface area contributed by atoms with Gasteiger partial charge in [0.05, 0.1) is 5.75 Å². The van der Waals surface area contributed by atoms with Gasteiger partial charge in [0.2, 0.25) is 11.8 Å². The molecule has 0 aliphatic carbocycles. The first-order chi connectivity index (χ1) is 16.5. The van der Waals surface area contributed by atoms with E-state index in [1.54, 1.807) is 11.0 Å². The monoisotopic (exact) mass is 494 g/mol. The highest BCUT2D eigenvalue weighted by molar-refractivity contribution is 8.00. The summed E-state index contributed by atoms with van der Waals surface area (Å²) in [6.45, 7) is 4.93. The molecule has 2 amide bonds. The van der Waals surface area contributed by atoms with Gasteiger partial charge >= 0.3 is 0 Å². The number of benzene rings is 3. The van der Waals surface area contributed by atoms with E-state index in [1.165, 1.54) is 17.3 Å². The molecule has 4 nitrogen and oxygen atoms in total. The van der Waals surface area contributed by atoms with E-state index in [1.807, 2.05) is 86.6 Å². The van der Waals surface area contributed by atoms with Crippen LogP contribution in [0.1, 0.15) is 30.0 Å². The van der Waals surface area contributed by atoms with Gasteiger partial charge in [-0.05, 0) is 48.7 Å². The molecule has 178 valence electrons. The molecule has 34 heavy (non-hydrogen) atoms. The van der Waals surface area contributed by atoms with Crippen LogP contribution in [-0.2, 0) is 22.6 Å². The van der Waals surface area contributed by atoms with Crippen molar-refractivity contribution in [2.24, 2.45) is 0 Å². The summed E-state index contributed by atoms with van der Waals surface area (Å²) < 4.78 is 0. The Morgan fingerprint density at radius 2 is 1.68 bits per heavy atom. The van der Waals surface area contributed by atoms with E-state index in [9.17, 15) is 9.59 Å². The van der Waals surface area contributed by atoms with Crippen LogP contribution in [0.3, 0.4) is 0 Å². The largest absolute Gasteiger partial charge is 0.354 e. The van der Waals surface area contributed by atoms with Crippen LogP contribution in [0.15, 0.2) is 83.8 Å². The van der Waals surface area contributed by atoms with Gasteiger partial charge in [0.15, 0.2) is 0 Å². The van der Waals surface area contributed by atoms with Gasteiger partial charge in [-0.15, -0.1) is 11.8 Å². The number of thioether (sulfide) groups is 1. The van der Waals surface area contributed by atoms with Crippen molar-refractivity contribution >= 4 is 35.2 Å². The lowest BCUT2D eigenvalue weighted by Gasteiger charge is -2.31. The smallest absolute Gasteiger partial charge is 0.243 e. The summed E-state index contributed by atoms with van der Waals surface area (Å²) in [7, 11) is 0. The number of halogens is 1. The van der Waals surface area contributed by atoms with Gasteiger partial charge in [0.1, 0.15) is 6.04 Å². The Balaban J connectivity index is 1.88. The van der Waals surface area contributed by atoms with Crippen LogP contribution in [0.5, 0.6) is 0 Å². The third-order valence-corrected chi connectivity index (χ3v) is 6.68. The van der Waals surface area contributed by atoms with E-state index in [4.69, 9.17) is 11.6 Å². The Labute approximate surface area is 211 Å². The third-order valence-electron chi connectivity index (χ3n) is 5.45. The quantitative estimate of drug-likeness (QED) is 0.337. The number of hydrogen-bond acceptors (Lipinski definition) is 3. The second-order valence-electron chi connectivity index (χ2n) is 8.25. The maximum atomic E-state index is 13.6. The number of carbonyl (C=O) groups is 2. The minimum atomic E-state index is -0.626. The Bertz CT molecular complexity index is 1070. The molecular formula is C28H31ClN2O2S. The van der Waals surface area contributed by atoms with Gasteiger partial charge in [0, 0.05) is 29.4 Å². The summed E-state index contributed by atoms with van der Waals surface area (Å²) in [4.78, 5) is 29.6. The van der Waals surface area contributed by atoms with Crippen molar-refractivity contribution in [3.8, 4) is 0 Å². The van der Waals surface area contributed by atoms with Crippen molar-refractivity contribution in [3.63, 3.8) is 0 Å². The highest BCUT2D eigenvalue weighted by Crippen LogP contribution is 2.22. The zero-order valence-corrected chi connectivity index (χ0v) is 21.2. The Morgan fingerprint density at radius 1 is 0.971 bits per heavy atom. The number of amides is 2. The minimum absolute atomic E-state index is 0.0851. The molecule has 3 aromatic rings. The topological polar surface area (TPSA) is 49.4 Å². The summed E-state index contributed by atoms with van der Waals surface area (Å²) in [6, 6.07) is 24.8. The molecule has 1 unspecified atom stereocenters. The lowest BCUT2D eigenvalue weighted by atomic mass is 10.0. The van der Waals surface area contributed by atoms with Crippen molar-refractivity contribution in [1.82, 2.24) is 10.2 Å². The fraction of sp³-hybridized carbons (Fsp3) is 0.286. The molecule has 0 bridgehead atoms. The van der Waals surface area contributed by atoms with Crippen LogP contribution < -0.4 is 5.32 Å². The molecule has 1 N–H and O–H groups in total. The molecule has 0 saturated carbocycles. The summed E-state index contributed by atoms with van der Waals surface area (Å²) in [6.07, 6.45) is 1.27. The van der Waals surface area contributed by atoms with Crippen molar-refractivity contribution in [3.05, 3.63) is 101 Å². The average Bonchev–Trinajstić information content (AvgIpc) is 2.85. The molecule has 0 saturated heterocycles. The average molecular weight is 495 g/mol. The van der Waals surface area contributed by atoms with Crippen LogP contribution in [0.25, 0.3) is 0 Å². The molecule has 0 radical (unpaired) electrons. The van der Waals surface area contributed by atoms with E-state index in [0.717, 1.165) is 22.4 Å². The number of carbonyl (C=O) groups excluding carboxylic acids is 2. The molecule has 0 spiro atoms. The second kappa shape index (κ2) is 13.2. The summed E-state index contributed by atoms with van der Waals surface area (Å²) in [5.41, 5.74) is 3.07. The lowest BCUT2D eigenvalue weighted by Crippen LogP contribution is -2.51. The van der Waals surface area contributed by atoms with Gasteiger partial charge in [-0.25, -0.2) is 0 Å². The summed E-state index contributed by atoms with van der Waals surface area (Å²) in [5.74, 6) is 0.0234. The summed E-state index contributed by atoms with van der Waals surface area (Å²) in [5, 5.41) is 3.61. The minimum Gasteiger partial charge on any atom is -0.354 e. The molecule has 0 fully saturated rings. The van der Waals surface area contributed by atoms with Crippen molar-refractivity contribution in [2.45, 2.75) is 44.2 Å². The third kappa shape index (κ3) is 7.93. The highest BCUT2D eigenvalue weighted by atomic mass is 35.5. The van der Waals surface area contributed by atoms with Crippen LogP contribution in [0, 0.1) is 6.92 Å². The lowest BCUT2D eigenvalue weighted by molar-refractivity contribution is -0.139. The van der Waals surface area contributed by atoms with Crippen LogP contribution in [0.2, 0.25) is 5.02 Å². The molecule has 0 aromatic heterocycles. The number of aryl methyl sites for hydroxylation is 1. The Hall–Kier alpha value is -2.76. The Kier molecular flexibility index (Phi) is 10.0. The fourth-order valence-electron chi connectivity index (χ4n) is 3.61. The van der Waals surface area contributed by atoms with Crippen LogP contribution in [0.4, 0.5) is 0 Å². The SMILES string of the molecule is CCCNC(=O)C(Cc1ccccc1)N(Cc1cccc(Cl)c1)C(=O)CSc1ccc(C)cc1. The molecule has 0 aliphatic rings. The first-order valence-corrected chi connectivity index (χ1v) is 12.9. The normalized spacial score (nSPS) is 11.6. The Morgan fingerprint density at radius 3 is 2.35 bits per heavy atom. The number of nitrogens with zero attached hydrogens (tertiary/aromatic N) is 1. The first kappa shape index (κ1) is 25.9. The van der Waals surface area contributed by atoms with Crippen molar-refractivity contribution in [2.75, 3.05) is 12.3 Å². The first-order valence-electron chi connectivity index (χ1n) is 11.5. The standard InChI is InChI=1S/C28H31ClN2O2S/c1-3-16-30-28(33)26(18-22-8-5-4-6-9-22)31(19-23-10-7-11-24(29)17-23)27(32)20-34-25-14-12-21(2)13-15-25/h4-15,17,26H,3,16,18-20H2,1-2H3,(H,30,33). The van der Waals surface area contributed by atoms with E-state index >= 15 is 0 Å². The number of nitrogens with one attached hydrogen (secondary N) is 1. The van der Waals surface area contributed by atoms with Crippen molar-refractivity contribution < 1.29 is 9.59 Å². The van der Waals surface area contributed by atoms with Crippen molar-refractivity contribution in [1.29, 1.82) is 0 Å². The van der Waals surface area contributed by atoms with E-state index in [0.29, 0.717) is 24.5 Å².